The number of carbonyl (C=O) groups is 2. The van der Waals surface area contributed by atoms with E-state index in [9.17, 15) is 29.9 Å². The molecule has 3 heterocycles. The van der Waals surface area contributed by atoms with Gasteiger partial charge in [-0.15, -0.1) is 0 Å². The van der Waals surface area contributed by atoms with E-state index >= 15 is 0 Å². The minimum absolute atomic E-state index is 0.119. The fourth-order valence-corrected chi connectivity index (χ4v) is 5.30. The third kappa shape index (κ3) is 2.90. The number of benzene rings is 1. The quantitative estimate of drug-likeness (QED) is 0.391. The molecular weight excluding hydrogens is 378 g/mol. The van der Waals surface area contributed by atoms with E-state index in [-0.39, 0.29) is 12.1 Å². The summed E-state index contributed by atoms with van der Waals surface area (Å²) in [6.07, 6.45) is 4.32. The monoisotopic (exact) mass is 401 g/mol. The maximum atomic E-state index is 12.2. The zero-order chi connectivity index (χ0) is 20.8. The summed E-state index contributed by atoms with van der Waals surface area (Å²) in [6, 6.07) is 2.31. The molecule has 3 aliphatic heterocycles. The Morgan fingerprint density at radius 1 is 1.00 bits per heavy atom. The number of carbonyl (C=O) groups excluding carboxylic acids is 2. The van der Waals surface area contributed by atoms with Crippen molar-refractivity contribution >= 4 is 29.0 Å². The van der Waals surface area contributed by atoms with Crippen molar-refractivity contribution in [2.45, 2.75) is 51.0 Å². The molecule has 1 aromatic carbocycles. The Bertz CT molecular complexity index is 850. The van der Waals surface area contributed by atoms with Gasteiger partial charge in [-0.3, -0.25) is 10.1 Å². The molecule has 0 aromatic heterocycles. The maximum Gasteiger partial charge on any atom is 0.292 e. The lowest BCUT2D eigenvalue weighted by Crippen LogP contribution is -2.68. The second-order valence-electron chi connectivity index (χ2n) is 8.16. The van der Waals surface area contributed by atoms with Crippen LogP contribution in [-0.4, -0.2) is 42.5 Å². The molecule has 0 aliphatic carbocycles. The third-order valence-electron chi connectivity index (χ3n) is 6.67. The normalized spacial score (nSPS) is 23.1. The van der Waals surface area contributed by atoms with Gasteiger partial charge < -0.3 is 29.6 Å². The largest absolute Gasteiger partial charge is 0.549 e. The van der Waals surface area contributed by atoms with Crippen molar-refractivity contribution in [1.82, 2.24) is 0 Å². The Morgan fingerprint density at radius 3 is 2.28 bits per heavy atom. The molecule has 29 heavy (non-hydrogen) atoms. The Kier molecular flexibility index (Phi) is 4.84. The zero-order valence-electron chi connectivity index (χ0n) is 16.1. The molecule has 2 fully saturated rings. The highest BCUT2D eigenvalue weighted by Crippen LogP contribution is 2.50. The van der Waals surface area contributed by atoms with Gasteiger partial charge in [0.15, 0.2) is 0 Å². The standard InChI is InChI=1S/C20H25N3O6/c24-18(25)20(19(26)27)12-13-14(22-11-5-2-6-16(20)22)7-8-15(23(28)29)17(13)21-9-3-1-4-10-21/h7-8,16H,1-6,9-12H2,(H,24,25)(H,26,27)/p-2/t16-/m0/s1. The molecule has 0 amide bonds. The lowest BCUT2D eigenvalue weighted by Gasteiger charge is -2.55. The van der Waals surface area contributed by atoms with Crippen LogP contribution in [0.5, 0.6) is 0 Å². The van der Waals surface area contributed by atoms with Gasteiger partial charge >= 0.3 is 0 Å². The predicted octanol–water partition coefficient (Wildman–Crippen LogP) is -0.0137. The van der Waals surface area contributed by atoms with Crippen molar-refractivity contribution in [1.29, 1.82) is 0 Å². The van der Waals surface area contributed by atoms with Crippen LogP contribution in [0.3, 0.4) is 0 Å². The van der Waals surface area contributed by atoms with Crippen molar-refractivity contribution in [3.05, 3.63) is 27.8 Å². The van der Waals surface area contributed by atoms with Gasteiger partial charge in [-0.25, -0.2) is 0 Å². The summed E-state index contributed by atoms with van der Waals surface area (Å²) < 4.78 is 0. The van der Waals surface area contributed by atoms with Crippen molar-refractivity contribution in [2.75, 3.05) is 29.4 Å². The Hall–Kier alpha value is -2.84. The number of rotatable bonds is 4. The molecule has 4 rings (SSSR count). The van der Waals surface area contributed by atoms with Crippen molar-refractivity contribution < 1.29 is 24.7 Å². The number of anilines is 2. The fraction of sp³-hybridized carbons (Fsp3) is 0.600. The summed E-state index contributed by atoms with van der Waals surface area (Å²) in [4.78, 5) is 39.4. The number of carboxylic acid groups (broad SMARTS) is 2. The molecule has 9 heteroatoms. The highest BCUT2D eigenvalue weighted by molar-refractivity contribution is 6.00. The number of nitro benzene ring substituents is 1. The van der Waals surface area contributed by atoms with E-state index in [4.69, 9.17) is 0 Å². The first-order chi connectivity index (χ1) is 13.9. The number of hydrogen-bond acceptors (Lipinski definition) is 8. The van der Waals surface area contributed by atoms with E-state index in [0.29, 0.717) is 49.4 Å². The summed E-state index contributed by atoms with van der Waals surface area (Å²) in [5.41, 5.74) is -0.894. The van der Waals surface area contributed by atoms with Gasteiger partial charge in [0.2, 0.25) is 0 Å². The second-order valence-corrected chi connectivity index (χ2v) is 8.16. The van der Waals surface area contributed by atoms with Crippen LogP contribution in [0.2, 0.25) is 0 Å². The summed E-state index contributed by atoms with van der Waals surface area (Å²) in [6.45, 7) is 1.73. The number of carboxylic acids is 2. The van der Waals surface area contributed by atoms with Crippen LogP contribution in [0, 0.1) is 15.5 Å². The first kappa shape index (κ1) is 19.5. The lowest BCUT2D eigenvalue weighted by molar-refractivity contribution is -0.384. The van der Waals surface area contributed by atoms with E-state index in [1.165, 1.54) is 6.07 Å². The molecule has 0 unspecified atom stereocenters. The molecule has 3 aliphatic rings. The maximum absolute atomic E-state index is 12.2. The first-order valence-corrected chi connectivity index (χ1v) is 10.1. The number of piperidine rings is 2. The van der Waals surface area contributed by atoms with Crippen molar-refractivity contribution in [2.24, 2.45) is 5.41 Å². The second kappa shape index (κ2) is 7.20. The van der Waals surface area contributed by atoms with Crippen LogP contribution in [0.4, 0.5) is 17.1 Å². The van der Waals surface area contributed by atoms with Crippen LogP contribution in [0.1, 0.15) is 44.1 Å². The van der Waals surface area contributed by atoms with Gasteiger partial charge in [0.25, 0.3) is 5.69 Å². The number of hydrogen-bond donors (Lipinski definition) is 0. The molecule has 0 spiro atoms. The molecule has 1 atom stereocenters. The van der Waals surface area contributed by atoms with Crippen molar-refractivity contribution in [3.63, 3.8) is 0 Å². The van der Waals surface area contributed by atoms with E-state index in [0.717, 1.165) is 25.7 Å². The van der Waals surface area contributed by atoms with Gasteiger partial charge in [0.05, 0.1) is 22.3 Å². The number of aliphatic carboxylic acids is 2. The Labute approximate surface area is 168 Å². The van der Waals surface area contributed by atoms with E-state index in [1.54, 1.807) is 11.0 Å². The number of nitro groups is 1. The molecule has 0 radical (unpaired) electrons. The summed E-state index contributed by atoms with van der Waals surface area (Å²) in [5, 5.41) is 36.1. The highest BCUT2D eigenvalue weighted by Gasteiger charge is 2.51. The summed E-state index contributed by atoms with van der Waals surface area (Å²) >= 11 is 0. The average Bonchev–Trinajstić information content (AvgIpc) is 2.72. The van der Waals surface area contributed by atoms with Crippen LogP contribution in [0.25, 0.3) is 0 Å². The SMILES string of the molecule is O=C([O-])C1(C(=O)[O-])Cc2c(ccc([N+](=O)[O-])c2N2CCCCC2)N2CCCC[C@H]21. The van der Waals surface area contributed by atoms with Gasteiger partial charge in [-0.2, -0.15) is 0 Å². The first-order valence-electron chi connectivity index (χ1n) is 10.1. The molecular formula is C20H23N3O6-2. The average molecular weight is 401 g/mol. The number of nitrogens with zero attached hydrogens (tertiary/aromatic N) is 3. The molecule has 1 aromatic rings. The fourth-order valence-electron chi connectivity index (χ4n) is 5.30. The van der Waals surface area contributed by atoms with Gasteiger partial charge in [-0.1, -0.05) is 0 Å². The van der Waals surface area contributed by atoms with Crippen LogP contribution in [-0.2, 0) is 16.0 Å². The van der Waals surface area contributed by atoms with Crippen molar-refractivity contribution in [3.8, 4) is 0 Å². The molecule has 0 saturated carbocycles. The molecule has 9 nitrogen and oxygen atoms in total. The minimum Gasteiger partial charge on any atom is -0.549 e. The highest BCUT2D eigenvalue weighted by atomic mass is 16.6. The van der Waals surface area contributed by atoms with Gasteiger partial charge in [0, 0.05) is 43.0 Å². The van der Waals surface area contributed by atoms with E-state index < -0.39 is 28.3 Å². The van der Waals surface area contributed by atoms with Crippen LogP contribution < -0.4 is 20.0 Å². The van der Waals surface area contributed by atoms with Crippen LogP contribution in [0.15, 0.2) is 12.1 Å². The molecule has 156 valence electrons. The predicted molar refractivity (Wildman–Crippen MR) is 100 cm³/mol. The smallest absolute Gasteiger partial charge is 0.292 e. The van der Waals surface area contributed by atoms with E-state index in [1.807, 2.05) is 4.90 Å². The Morgan fingerprint density at radius 2 is 1.66 bits per heavy atom. The molecule has 2 saturated heterocycles. The summed E-state index contributed by atoms with van der Waals surface area (Å²) in [7, 11) is 0. The zero-order valence-corrected chi connectivity index (χ0v) is 16.1. The van der Waals surface area contributed by atoms with Gasteiger partial charge in [-0.05, 0) is 51.0 Å². The topological polar surface area (TPSA) is 130 Å². The summed E-state index contributed by atoms with van der Waals surface area (Å²) in [5.74, 6) is -3.37. The molecule has 0 bridgehead atoms. The Balaban J connectivity index is 1.96. The lowest BCUT2D eigenvalue weighted by atomic mass is 9.68. The minimum atomic E-state index is -2.23. The van der Waals surface area contributed by atoms with Crippen LogP contribution >= 0.6 is 0 Å². The number of fused-ring (bicyclic) bond motifs is 3. The van der Waals surface area contributed by atoms with E-state index in [2.05, 4.69) is 0 Å². The third-order valence-corrected chi connectivity index (χ3v) is 6.67. The molecule has 0 N–H and O–H groups in total. The van der Waals surface area contributed by atoms with Gasteiger partial charge in [0.1, 0.15) is 5.69 Å².